The van der Waals surface area contributed by atoms with Crippen LogP contribution in [0.2, 0.25) is 0 Å². The summed E-state index contributed by atoms with van der Waals surface area (Å²) in [5.74, 6) is -0.409. The van der Waals surface area contributed by atoms with E-state index in [9.17, 15) is 13.6 Å². The zero-order chi connectivity index (χ0) is 16.3. The van der Waals surface area contributed by atoms with Crippen LogP contribution >= 0.6 is 40.7 Å². The first kappa shape index (κ1) is 22.8. The predicted octanol–water partition coefficient (Wildman–Crippen LogP) is 3.37. The van der Waals surface area contributed by atoms with Crippen LogP contribution in [0.1, 0.15) is 24.9 Å². The second-order valence-corrected chi connectivity index (χ2v) is 5.84. The van der Waals surface area contributed by atoms with Gasteiger partial charge in [0.2, 0.25) is 5.91 Å². The van der Waals surface area contributed by atoms with Crippen molar-refractivity contribution in [3.05, 3.63) is 52.5 Å². The van der Waals surface area contributed by atoms with E-state index in [-0.39, 0.29) is 37.2 Å². The molecule has 10 heteroatoms. The molecule has 1 heterocycles. The van der Waals surface area contributed by atoms with Crippen LogP contribution in [0.4, 0.5) is 8.78 Å². The van der Waals surface area contributed by atoms with Crippen LogP contribution in [-0.2, 0) is 16.9 Å². The van der Waals surface area contributed by atoms with Crippen molar-refractivity contribution < 1.29 is 13.6 Å². The minimum absolute atomic E-state index is 0. The van der Waals surface area contributed by atoms with Crippen molar-refractivity contribution in [2.24, 2.45) is 5.73 Å². The SMILES string of the molecule is CC(N)(C(=O)NCc1nccn1C(F)F)c1ccc(Br)cc1.Cl.Cl. The number of nitrogens with one attached hydrogen (secondary N) is 1. The molecule has 2 aromatic rings. The molecule has 1 atom stereocenters. The molecule has 0 saturated heterocycles. The lowest BCUT2D eigenvalue weighted by molar-refractivity contribution is -0.126. The number of aromatic nitrogens is 2. The Hall–Kier alpha value is -1.22. The second-order valence-electron chi connectivity index (χ2n) is 4.92. The van der Waals surface area contributed by atoms with Gasteiger partial charge in [-0.15, -0.1) is 24.8 Å². The first-order valence-electron chi connectivity index (χ1n) is 6.45. The molecule has 2 rings (SSSR count). The molecular weight excluding hydrogens is 429 g/mol. The van der Waals surface area contributed by atoms with Gasteiger partial charge in [-0.2, -0.15) is 8.78 Å². The van der Waals surface area contributed by atoms with Crippen molar-refractivity contribution >= 4 is 46.7 Å². The van der Waals surface area contributed by atoms with E-state index in [4.69, 9.17) is 5.73 Å². The molecule has 0 spiro atoms. The third-order valence-electron chi connectivity index (χ3n) is 3.28. The average molecular weight is 446 g/mol. The number of rotatable bonds is 5. The van der Waals surface area contributed by atoms with Gasteiger partial charge in [0.05, 0.1) is 6.54 Å². The Kier molecular flexibility index (Phi) is 8.84. The number of nitrogens with zero attached hydrogens (tertiary/aromatic N) is 2. The number of halogens is 5. The van der Waals surface area contributed by atoms with E-state index in [1.807, 2.05) is 0 Å². The zero-order valence-electron chi connectivity index (χ0n) is 12.6. The van der Waals surface area contributed by atoms with E-state index in [1.54, 1.807) is 31.2 Å². The molecule has 0 fully saturated rings. The highest BCUT2D eigenvalue weighted by Gasteiger charge is 2.30. The Balaban J connectivity index is 0.00000264. The normalized spacial score (nSPS) is 12.8. The van der Waals surface area contributed by atoms with E-state index in [0.29, 0.717) is 10.1 Å². The van der Waals surface area contributed by atoms with Crippen molar-refractivity contribution in [2.45, 2.75) is 25.6 Å². The number of imidazole rings is 1. The van der Waals surface area contributed by atoms with Crippen LogP contribution in [0, 0.1) is 0 Å². The highest BCUT2D eigenvalue weighted by molar-refractivity contribution is 9.10. The molecule has 0 aliphatic heterocycles. The first-order chi connectivity index (χ1) is 10.3. The number of carbonyl (C=O) groups excluding carboxylic acids is 1. The van der Waals surface area contributed by atoms with Crippen molar-refractivity contribution in [1.29, 1.82) is 0 Å². The lowest BCUT2D eigenvalue weighted by atomic mass is 9.92. The molecule has 1 aromatic heterocycles. The summed E-state index contributed by atoms with van der Waals surface area (Å²) in [5.41, 5.74) is 5.41. The lowest BCUT2D eigenvalue weighted by Gasteiger charge is -2.24. The third-order valence-corrected chi connectivity index (χ3v) is 3.81. The number of carbonyl (C=O) groups is 1. The zero-order valence-corrected chi connectivity index (χ0v) is 15.8. The summed E-state index contributed by atoms with van der Waals surface area (Å²) in [4.78, 5) is 16.1. The van der Waals surface area contributed by atoms with Crippen LogP contribution in [0.25, 0.3) is 0 Å². The van der Waals surface area contributed by atoms with Gasteiger partial charge >= 0.3 is 6.55 Å². The topological polar surface area (TPSA) is 72.9 Å². The number of benzene rings is 1. The highest BCUT2D eigenvalue weighted by Crippen LogP contribution is 2.21. The molecule has 3 N–H and O–H groups in total. The number of alkyl halides is 2. The maximum atomic E-state index is 12.7. The standard InChI is InChI=1S/C14H15BrF2N4O.2ClH/c1-14(18,9-2-4-10(15)5-3-9)12(22)20-8-11-19-6-7-21(11)13(16)17;;/h2-7,13H,8,18H2,1H3,(H,20,22);2*1H. The van der Waals surface area contributed by atoms with Crippen LogP contribution in [0.5, 0.6) is 0 Å². The Labute approximate surface area is 159 Å². The minimum atomic E-state index is -2.70. The first-order valence-corrected chi connectivity index (χ1v) is 7.24. The van der Waals surface area contributed by atoms with E-state index in [1.165, 1.54) is 6.20 Å². The van der Waals surface area contributed by atoms with Crippen LogP contribution in [0.3, 0.4) is 0 Å². The molecule has 24 heavy (non-hydrogen) atoms. The second kappa shape index (κ2) is 9.31. The predicted molar refractivity (Wildman–Crippen MR) is 95.5 cm³/mol. The van der Waals surface area contributed by atoms with E-state index in [2.05, 4.69) is 26.2 Å². The van der Waals surface area contributed by atoms with E-state index >= 15 is 0 Å². The van der Waals surface area contributed by atoms with Crippen molar-refractivity contribution in [2.75, 3.05) is 0 Å². The van der Waals surface area contributed by atoms with Gasteiger partial charge in [-0.25, -0.2) is 4.98 Å². The van der Waals surface area contributed by atoms with Gasteiger partial charge in [-0.3, -0.25) is 9.36 Å². The smallest absolute Gasteiger partial charge is 0.319 e. The lowest BCUT2D eigenvalue weighted by Crippen LogP contribution is -2.48. The maximum absolute atomic E-state index is 12.7. The molecule has 1 unspecified atom stereocenters. The molecule has 1 amide bonds. The Morgan fingerprint density at radius 3 is 2.50 bits per heavy atom. The fraction of sp³-hybridized carbons (Fsp3) is 0.286. The summed E-state index contributed by atoms with van der Waals surface area (Å²) in [7, 11) is 0. The molecular formula is C14H17BrCl2F2N4O. The monoisotopic (exact) mass is 444 g/mol. The fourth-order valence-corrected chi connectivity index (χ4v) is 2.19. The van der Waals surface area contributed by atoms with E-state index in [0.717, 1.165) is 10.7 Å². The highest BCUT2D eigenvalue weighted by atomic mass is 79.9. The summed E-state index contributed by atoms with van der Waals surface area (Å²) in [6, 6.07) is 7.00. The van der Waals surface area contributed by atoms with Gasteiger partial charge in [0.1, 0.15) is 11.4 Å². The fourth-order valence-electron chi connectivity index (χ4n) is 1.93. The van der Waals surface area contributed by atoms with Crippen molar-refractivity contribution in [3.63, 3.8) is 0 Å². The number of hydrogen-bond donors (Lipinski definition) is 2. The molecule has 0 aliphatic carbocycles. The molecule has 5 nitrogen and oxygen atoms in total. The molecule has 0 aliphatic rings. The molecule has 134 valence electrons. The van der Waals surface area contributed by atoms with E-state index < -0.39 is 18.0 Å². The number of nitrogens with two attached hydrogens (primary N) is 1. The molecule has 0 radical (unpaired) electrons. The third kappa shape index (κ3) is 5.14. The number of amides is 1. The van der Waals surface area contributed by atoms with Gasteiger partial charge in [-0.1, -0.05) is 28.1 Å². The Morgan fingerprint density at radius 1 is 1.38 bits per heavy atom. The van der Waals surface area contributed by atoms with Crippen molar-refractivity contribution in [3.8, 4) is 0 Å². The van der Waals surface area contributed by atoms with Gasteiger partial charge < -0.3 is 11.1 Å². The molecule has 0 bridgehead atoms. The quantitative estimate of drug-likeness (QED) is 0.740. The van der Waals surface area contributed by atoms with Crippen molar-refractivity contribution in [1.82, 2.24) is 14.9 Å². The van der Waals surface area contributed by atoms with Gasteiger partial charge in [-0.05, 0) is 24.6 Å². The Morgan fingerprint density at radius 2 is 1.96 bits per heavy atom. The molecule has 0 saturated carbocycles. The average Bonchev–Trinajstić information content (AvgIpc) is 2.93. The van der Waals surface area contributed by atoms with Crippen LogP contribution < -0.4 is 11.1 Å². The van der Waals surface area contributed by atoms with Crippen LogP contribution in [0.15, 0.2) is 41.1 Å². The largest absolute Gasteiger partial charge is 0.347 e. The summed E-state index contributed by atoms with van der Waals surface area (Å²) in [5, 5.41) is 2.54. The maximum Gasteiger partial charge on any atom is 0.319 e. The summed E-state index contributed by atoms with van der Waals surface area (Å²) in [6.45, 7) is -1.27. The van der Waals surface area contributed by atoms with Gasteiger partial charge in [0, 0.05) is 16.9 Å². The summed E-state index contributed by atoms with van der Waals surface area (Å²) in [6.07, 6.45) is 2.41. The van der Waals surface area contributed by atoms with Crippen LogP contribution in [-0.4, -0.2) is 15.5 Å². The van der Waals surface area contributed by atoms with Gasteiger partial charge in [0.25, 0.3) is 0 Å². The summed E-state index contributed by atoms with van der Waals surface area (Å²) >= 11 is 3.30. The number of hydrogen-bond acceptors (Lipinski definition) is 3. The molecule has 1 aromatic carbocycles. The minimum Gasteiger partial charge on any atom is -0.347 e. The summed E-state index contributed by atoms with van der Waals surface area (Å²) < 4.78 is 27.0. The Bertz CT molecular complexity index is 665. The van der Waals surface area contributed by atoms with Gasteiger partial charge in [0.15, 0.2) is 0 Å².